The maximum atomic E-state index is 6.00. The summed E-state index contributed by atoms with van der Waals surface area (Å²) in [5.74, 6) is 0.953. The molecule has 0 fully saturated rings. The molecule has 0 saturated carbocycles. The van der Waals surface area contributed by atoms with E-state index in [1.807, 2.05) is 13.0 Å². The van der Waals surface area contributed by atoms with E-state index in [-0.39, 0.29) is 6.04 Å². The molecule has 0 radical (unpaired) electrons. The van der Waals surface area contributed by atoms with Gasteiger partial charge in [0, 0.05) is 6.04 Å². The Kier molecular flexibility index (Phi) is 7.15. The highest BCUT2D eigenvalue weighted by Gasteiger charge is 2.09. The Morgan fingerprint density at radius 2 is 1.78 bits per heavy atom. The number of hydrogen-bond acceptors (Lipinski definition) is 2. The largest absolute Gasteiger partial charge is 0.494 e. The maximum Gasteiger partial charge on any atom is 0.119 e. The number of benzene rings is 2. The first-order valence-corrected chi connectivity index (χ1v) is 8.77. The fourth-order valence-corrected chi connectivity index (χ4v) is 2.78. The lowest BCUT2D eigenvalue weighted by atomic mass is 9.95. The Balaban J connectivity index is 2.13. The van der Waals surface area contributed by atoms with Crippen molar-refractivity contribution in [1.82, 2.24) is 0 Å². The molecule has 2 aromatic carbocycles. The molecule has 0 aliphatic carbocycles. The van der Waals surface area contributed by atoms with Gasteiger partial charge in [0.15, 0.2) is 0 Å². The van der Waals surface area contributed by atoms with Gasteiger partial charge in [-0.15, -0.1) is 0 Å². The molecule has 0 bridgehead atoms. The zero-order valence-electron chi connectivity index (χ0n) is 14.4. The second kappa shape index (κ2) is 9.36. The average molecular weight is 311 g/mol. The van der Waals surface area contributed by atoms with Gasteiger partial charge in [-0.25, -0.2) is 0 Å². The Labute approximate surface area is 140 Å². The quantitative estimate of drug-likeness (QED) is 0.646. The van der Waals surface area contributed by atoms with Crippen LogP contribution in [0.25, 0.3) is 11.1 Å². The number of nitrogens with two attached hydrogens (primary N) is 1. The highest BCUT2D eigenvalue weighted by Crippen LogP contribution is 2.29. The van der Waals surface area contributed by atoms with E-state index in [1.54, 1.807) is 0 Å². The molecule has 2 N–H and O–H groups in total. The summed E-state index contributed by atoms with van der Waals surface area (Å²) in [5, 5.41) is 0. The molecule has 0 saturated heterocycles. The van der Waals surface area contributed by atoms with Crippen molar-refractivity contribution in [3.8, 4) is 16.9 Å². The molecule has 2 heteroatoms. The third-order valence-corrected chi connectivity index (χ3v) is 3.97. The monoisotopic (exact) mass is 311 g/mol. The van der Waals surface area contributed by atoms with E-state index in [2.05, 4.69) is 49.4 Å². The summed E-state index contributed by atoms with van der Waals surface area (Å²) < 4.78 is 5.94. The SMILES string of the molecule is CCCCCCOc1ccc(CC(C)N)c(-c2ccccc2)c1. The highest BCUT2D eigenvalue weighted by molar-refractivity contribution is 5.69. The van der Waals surface area contributed by atoms with Crippen molar-refractivity contribution < 1.29 is 4.74 Å². The summed E-state index contributed by atoms with van der Waals surface area (Å²) in [5.41, 5.74) is 9.74. The molecule has 2 aromatic rings. The van der Waals surface area contributed by atoms with E-state index in [4.69, 9.17) is 10.5 Å². The fraction of sp³-hybridized carbons (Fsp3) is 0.429. The average Bonchev–Trinajstić information content (AvgIpc) is 2.56. The first kappa shape index (κ1) is 17.6. The first-order valence-electron chi connectivity index (χ1n) is 8.77. The third-order valence-electron chi connectivity index (χ3n) is 3.97. The van der Waals surface area contributed by atoms with E-state index in [0.29, 0.717) is 0 Å². The molecule has 1 unspecified atom stereocenters. The highest BCUT2D eigenvalue weighted by atomic mass is 16.5. The van der Waals surface area contributed by atoms with E-state index < -0.39 is 0 Å². The second-order valence-electron chi connectivity index (χ2n) is 6.28. The number of unbranched alkanes of at least 4 members (excludes halogenated alkanes) is 3. The Morgan fingerprint density at radius 3 is 2.48 bits per heavy atom. The molecule has 0 amide bonds. The van der Waals surface area contributed by atoms with Gasteiger partial charge in [0.25, 0.3) is 0 Å². The first-order chi connectivity index (χ1) is 11.2. The zero-order chi connectivity index (χ0) is 16.5. The van der Waals surface area contributed by atoms with Gasteiger partial charge in [0.1, 0.15) is 5.75 Å². The minimum Gasteiger partial charge on any atom is -0.494 e. The minimum absolute atomic E-state index is 0.151. The molecule has 0 aliphatic rings. The summed E-state index contributed by atoms with van der Waals surface area (Å²) >= 11 is 0. The van der Waals surface area contributed by atoms with Crippen LogP contribution in [0, 0.1) is 0 Å². The van der Waals surface area contributed by atoms with Crippen LogP contribution >= 0.6 is 0 Å². The Bertz CT molecular complexity index is 578. The van der Waals surface area contributed by atoms with Gasteiger partial charge in [-0.1, -0.05) is 62.6 Å². The van der Waals surface area contributed by atoms with Gasteiger partial charge < -0.3 is 10.5 Å². The zero-order valence-corrected chi connectivity index (χ0v) is 14.4. The molecular formula is C21H29NO. The maximum absolute atomic E-state index is 6.00. The van der Waals surface area contributed by atoms with Crippen molar-refractivity contribution in [3.63, 3.8) is 0 Å². The lowest BCUT2D eigenvalue weighted by Gasteiger charge is -2.15. The Morgan fingerprint density at radius 1 is 1.00 bits per heavy atom. The minimum atomic E-state index is 0.151. The molecule has 2 rings (SSSR count). The standard InChI is InChI=1S/C21H29NO/c1-3-4-5-9-14-23-20-13-12-19(15-17(2)22)21(16-20)18-10-7-6-8-11-18/h6-8,10-13,16-17H,3-5,9,14-15,22H2,1-2H3. The van der Waals surface area contributed by atoms with Crippen molar-refractivity contribution in [2.75, 3.05) is 6.61 Å². The van der Waals surface area contributed by atoms with Crippen molar-refractivity contribution in [2.24, 2.45) is 5.73 Å². The molecular weight excluding hydrogens is 282 g/mol. The number of ether oxygens (including phenoxy) is 1. The lowest BCUT2D eigenvalue weighted by molar-refractivity contribution is 0.305. The van der Waals surface area contributed by atoms with Gasteiger partial charge in [-0.2, -0.15) is 0 Å². The van der Waals surface area contributed by atoms with E-state index in [9.17, 15) is 0 Å². The van der Waals surface area contributed by atoms with Crippen LogP contribution in [0.1, 0.15) is 45.1 Å². The van der Waals surface area contributed by atoms with Gasteiger partial charge in [-0.3, -0.25) is 0 Å². The lowest BCUT2D eigenvalue weighted by Crippen LogP contribution is -2.18. The molecule has 0 heterocycles. The van der Waals surface area contributed by atoms with Crippen molar-refractivity contribution in [1.29, 1.82) is 0 Å². The summed E-state index contributed by atoms with van der Waals surface area (Å²) in [6.07, 6.45) is 5.78. The number of rotatable bonds is 9. The van der Waals surface area contributed by atoms with Crippen LogP contribution in [0.3, 0.4) is 0 Å². The smallest absolute Gasteiger partial charge is 0.119 e. The summed E-state index contributed by atoms with van der Waals surface area (Å²) in [7, 11) is 0. The molecule has 1 atom stereocenters. The summed E-state index contributed by atoms with van der Waals surface area (Å²) in [4.78, 5) is 0. The molecule has 0 spiro atoms. The summed E-state index contributed by atoms with van der Waals surface area (Å²) in [6.45, 7) is 5.07. The van der Waals surface area contributed by atoms with Gasteiger partial charge >= 0.3 is 0 Å². The van der Waals surface area contributed by atoms with Crippen LogP contribution in [0.15, 0.2) is 48.5 Å². The van der Waals surface area contributed by atoms with Gasteiger partial charge in [0.05, 0.1) is 6.61 Å². The molecule has 0 aromatic heterocycles. The van der Waals surface area contributed by atoms with E-state index in [1.165, 1.54) is 36.0 Å². The van der Waals surface area contributed by atoms with Crippen LogP contribution < -0.4 is 10.5 Å². The van der Waals surface area contributed by atoms with Crippen molar-refractivity contribution >= 4 is 0 Å². The van der Waals surface area contributed by atoms with Crippen LogP contribution in [-0.2, 0) is 6.42 Å². The molecule has 2 nitrogen and oxygen atoms in total. The predicted molar refractivity (Wildman–Crippen MR) is 98.9 cm³/mol. The topological polar surface area (TPSA) is 35.2 Å². The Hall–Kier alpha value is -1.80. The predicted octanol–water partition coefficient (Wildman–Crippen LogP) is 5.20. The normalized spacial score (nSPS) is 12.1. The molecule has 124 valence electrons. The van der Waals surface area contributed by atoms with Gasteiger partial charge in [0.2, 0.25) is 0 Å². The van der Waals surface area contributed by atoms with Crippen molar-refractivity contribution in [3.05, 3.63) is 54.1 Å². The number of hydrogen-bond donors (Lipinski definition) is 1. The van der Waals surface area contributed by atoms with Crippen molar-refractivity contribution in [2.45, 2.75) is 52.0 Å². The van der Waals surface area contributed by atoms with Crippen LogP contribution in [0.4, 0.5) is 0 Å². The second-order valence-corrected chi connectivity index (χ2v) is 6.28. The van der Waals surface area contributed by atoms with Crippen LogP contribution in [-0.4, -0.2) is 12.6 Å². The summed E-state index contributed by atoms with van der Waals surface area (Å²) in [6, 6.07) is 17.0. The van der Waals surface area contributed by atoms with E-state index >= 15 is 0 Å². The molecule has 23 heavy (non-hydrogen) atoms. The third kappa shape index (κ3) is 5.72. The fourth-order valence-electron chi connectivity index (χ4n) is 2.78. The van der Waals surface area contributed by atoms with E-state index in [0.717, 1.165) is 25.2 Å². The van der Waals surface area contributed by atoms with Crippen LogP contribution in [0.2, 0.25) is 0 Å². The van der Waals surface area contributed by atoms with Crippen LogP contribution in [0.5, 0.6) is 5.75 Å². The van der Waals surface area contributed by atoms with Gasteiger partial charge in [-0.05, 0) is 48.6 Å². The molecule has 0 aliphatic heterocycles.